The predicted molar refractivity (Wildman–Crippen MR) is 121 cm³/mol. The number of aliphatic hydroxyl groups excluding tert-OH is 2. The summed E-state index contributed by atoms with van der Waals surface area (Å²) in [5.41, 5.74) is 3.82. The zero-order chi connectivity index (χ0) is 21.7. The quantitative estimate of drug-likeness (QED) is 0.476. The topological polar surface area (TPSA) is 60.8 Å². The zero-order valence-electron chi connectivity index (χ0n) is 18.6. The van der Waals surface area contributed by atoms with Gasteiger partial charge in [0.25, 0.3) is 0 Å². The molecule has 4 heteroatoms. The van der Waals surface area contributed by atoms with E-state index in [1.165, 1.54) is 11.1 Å². The molecular formula is C26H37NO3. The first-order chi connectivity index (χ1) is 14.3. The fourth-order valence-corrected chi connectivity index (χ4v) is 4.93. The number of hydrogen-bond acceptors (Lipinski definition) is 3. The van der Waals surface area contributed by atoms with E-state index < -0.39 is 6.10 Å². The first-order valence-electron chi connectivity index (χ1n) is 11.3. The van der Waals surface area contributed by atoms with Crippen molar-refractivity contribution in [3.05, 3.63) is 59.2 Å². The summed E-state index contributed by atoms with van der Waals surface area (Å²) in [5.74, 6) is 1.21. The lowest BCUT2D eigenvalue weighted by Crippen LogP contribution is -2.21. The van der Waals surface area contributed by atoms with Gasteiger partial charge in [-0.25, -0.2) is 0 Å². The highest BCUT2D eigenvalue weighted by Gasteiger charge is 2.43. The highest BCUT2D eigenvalue weighted by Crippen LogP contribution is 2.48. The van der Waals surface area contributed by atoms with Crippen LogP contribution in [0, 0.1) is 24.7 Å². The van der Waals surface area contributed by atoms with Crippen LogP contribution in [0.15, 0.2) is 48.1 Å². The van der Waals surface area contributed by atoms with Crippen LogP contribution in [0.3, 0.4) is 0 Å². The molecule has 164 valence electrons. The average molecular weight is 412 g/mol. The first-order valence-corrected chi connectivity index (χ1v) is 11.3. The Balaban J connectivity index is 1.47. The summed E-state index contributed by atoms with van der Waals surface area (Å²) in [5, 5.41) is 21.0. The van der Waals surface area contributed by atoms with Crippen LogP contribution in [0.5, 0.6) is 0 Å². The molecule has 1 aromatic carbocycles. The Morgan fingerprint density at radius 2 is 1.97 bits per heavy atom. The Kier molecular flexibility index (Phi) is 7.90. The number of nitrogens with zero attached hydrogens (tertiary/aromatic N) is 1. The second-order valence-corrected chi connectivity index (χ2v) is 9.37. The van der Waals surface area contributed by atoms with E-state index in [1.54, 1.807) is 19.0 Å². The van der Waals surface area contributed by atoms with Crippen molar-refractivity contribution < 1.29 is 15.0 Å². The minimum atomic E-state index is -0.526. The molecule has 0 aliphatic heterocycles. The SMILES string of the molecule is Cc1ccc(C[C@@H](O)C=C[C@@H]2[C@H]3CC(CCCCC(=O)N(C)C)=C[C@H]3C[C@H]2O)cc1. The number of unbranched alkanes of at least 4 members (excludes halogenated alkanes) is 1. The molecule has 4 nitrogen and oxygen atoms in total. The Hall–Kier alpha value is -1.91. The van der Waals surface area contributed by atoms with Gasteiger partial charge in [0.1, 0.15) is 0 Å². The summed E-state index contributed by atoms with van der Waals surface area (Å²) in [7, 11) is 3.61. The summed E-state index contributed by atoms with van der Waals surface area (Å²) in [6, 6.07) is 8.26. The van der Waals surface area contributed by atoms with Crippen molar-refractivity contribution >= 4 is 5.91 Å². The van der Waals surface area contributed by atoms with Gasteiger partial charge in [-0.3, -0.25) is 4.79 Å². The standard InChI is InChI=1S/C26H37NO3/c1-18-8-10-19(11-9-18)15-22(28)12-13-23-24-16-20(14-21(24)17-25(23)29)6-4-5-7-26(30)27(2)3/h8-14,21-25,28-29H,4-7,15-17H2,1-3H3/t21-,22-,23+,24-,25+/m0/s1. The number of carbonyl (C=O) groups excluding carboxylic acids is 1. The van der Waals surface area contributed by atoms with Crippen LogP contribution >= 0.6 is 0 Å². The molecule has 2 N–H and O–H groups in total. The summed E-state index contributed by atoms with van der Waals surface area (Å²) in [6.07, 6.45) is 11.6. The first kappa shape index (κ1) is 22.8. The number of aryl methyl sites for hydroxylation is 1. The van der Waals surface area contributed by atoms with E-state index in [-0.39, 0.29) is 17.9 Å². The minimum Gasteiger partial charge on any atom is -0.392 e. The molecule has 3 rings (SSSR count). The van der Waals surface area contributed by atoms with Crippen LogP contribution in [-0.4, -0.2) is 47.3 Å². The minimum absolute atomic E-state index is 0.117. The van der Waals surface area contributed by atoms with Gasteiger partial charge in [0.05, 0.1) is 12.2 Å². The molecule has 0 spiro atoms. The normalized spacial score (nSPS) is 26.6. The molecule has 1 amide bonds. The van der Waals surface area contributed by atoms with E-state index in [1.807, 2.05) is 6.08 Å². The van der Waals surface area contributed by atoms with Gasteiger partial charge < -0.3 is 15.1 Å². The number of carbonyl (C=O) groups is 1. The van der Waals surface area contributed by atoms with Crippen LogP contribution in [0.4, 0.5) is 0 Å². The Bertz CT molecular complexity index is 765. The van der Waals surface area contributed by atoms with Crippen molar-refractivity contribution in [1.82, 2.24) is 4.90 Å². The van der Waals surface area contributed by atoms with Gasteiger partial charge in [-0.1, -0.05) is 53.6 Å². The van der Waals surface area contributed by atoms with E-state index >= 15 is 0 Å². The number of benzene rings is 1. The van der Waals surface area contributed by atoms with Crippen molar-refractivity contribution in [2.24, 2.45) is 17.8 Å². The lowest BCUT2D eigenvalue weighted by Gasteiger charge is -2.19. The van der Waals surface area contributed by atoms with Crippen molar-refractivity contribution in [2.75, 3.05) is 14.1 Å². The molecule has 1 aromatic rings. The Morgan fingerprint density at radius 1 is 1.23 bits per heavy atom. The van der Waals surface area contributed by atoms with E-state index in [2.05, 4.69) is 43.3 Å². The predicted octanol–water partition coefficient (Wildman–Crippen LogP) is 4.05. The second-order valence-electron chi connectivity index (χ2n) is 9.37. The van der Waals surface area contributed by atoms with Crippen LogP contribution < -0.4 is 0 Å². The van der Waals surface area contributed by atoms with Gasteiger partial charge in [0.2, 0.25) is 5.91 Å². The van der Waals surface area contributed by atoms with Gasteiger partial charge in [-0.15, -0.1) is 0 Å². The molecule has 2 aliphatic carbocycles. The molecule has 0 aromatic heterocycles. The number of rotatable bonds is 9. The highest BCUT2D eigenvalue weighted by molar-refractivity contribution is 5.75. The number of allylic oxidation sites excluding steroid dienone is 2. The fourth-order valence-electron chi connectivity index (χ4n) is 4.93. The fraction of sp³-hybridized carbons (Fsp3) is 0.577. The molecule has 0 heterocycles. The van der Waals surface area contributed by atoms with Crippen LogP contribution in [0.1, 0.15) is 49.7 Å². The molecule has 2 aliphatic rings. The van der Waals surface area contributed by atoms with E-state index in [0.29, 0.717) is 24.7 Å². The molecule has 0 saturated heterocycles. The maximum atomic E-state index is 11.7. The second kappa shape index (κ2) is 10.4. The van der Waals surface area contributed by atoms with Gasteiger partial charge in [-0.2, -0.15) is 0 Å². The van der Waals surface area contributed by atoms with Crippen molar-refractivity contribution in [1.29, 1.82) is 0 Å². The monoisotopic (exact) mass is 411 g/mol. The van der Waals surface area contributed by atoms with Crippen LogP contribution in [0.25, 0.3) is 0 Å². The van der Waals surface area contributed by atoms with Crippen molar-refractivity contribution in [3.63, 3.8) is 0 Å². The lowest BCUT2D eigenvalue weighted by atomic mass is 9.88. The van der Waals surface area contributed by atoms with Gasteiger partial charge in [-0.05, 0) is 56.4 Å². The Morgan fingerprint density at radius 3 is 2.67 bits per heavy atom. The third-order valence-electron chi connectivity index (χ3n) is 6.71. The van der Waals surface area contributed by atoms with Gasteiger partial charge in [0, 0.05) is 32.9 Å². The third kappa shape index (κ3) is 6.05. The molecular weight excluding hydrogens is 374 g/mol. The number of amides is 1. The van der Waals surface area contributed by atoms with E-state index in [9.17, 15) is 15.0 Å². The van der Waals surface area contributed by atoms with E-state index in [0.717, 1.165) is 37.7 Å². The molecule has 1 saturated carbocycles. The van der Waals surface area contributed by atoms with Crippen LogP contribution in [0.2, 0.25) is 0 Å². The largest absolute Gasteiger partial charge is 0.392 e. The maximum absolute atomic E-state index is 11.7. The van der Waals surface area contributed by atoms with Crippen molar-refractivity contribution in [3.8, 4) is 0 Å². The molecule has 5 atom stereocenters. The summed E-state index contributed by atoms with van der Waals surface area (Å²) in [4.78, 5) is 13.3. The summed E-state index contributed by atoms with van der Waals surface area (Å²) >= 11 is 0. The number of aliphatic hydroxyl groups is 2. The Labute approximate surface area is 181 Å². The molecule has 30 heavy (non-hydrogen) atoms. The smallest absolute Gasteiger partial charge is 0.222 e. The average Bonchev–Trinajstić information content (AvgIpc) is 3.21. The van der Waals surface area contributed by atoms with Gasteiger partial charge >= 0.3 is 0 Å². The summed E-state index contributed by atoms with van der Waals surface area (Å²) in [6.45, 7) is 2.06. The third-order valence-corrected chi connectivity index (χ3v) is 6.71. The number of fused-ring (bicyclic) bond motifs is 1. The van der Waals surface area contributed by atoms with Gasteiger partial charge in [0.15, 0.2) is 0 Å². The van der Waals surface area contributed by atoms with Crippen LogP contribution in [-0.2, 0) is 11.2 Å². The molecule has 0 radical (unpaired) electrons. The zero-order valence-corrected chi connectivity index (χ0v) is 18.6. The molecule has 0 unspecified atom stereocenters. The maximum Gasteiger partial charge on any atom is 0.222 e. The summed E-state index contributed by atoms with van der Waals surface area (Å²) < 4.78 is 0. The molecule has 1 fully saturated rings. The lowest BCUT2D eigenvalue weighted by molar-refractivity contribution is -0.128. The number of hydrogen-bond donors (Lipinski definition) is 2. The van der Waals surface area contributed by atoms with E-state index in [4.69, 9.17) is 0 Å². The van der Waals surface area contributed by atoms with Crippen molar-refractivity contribution in [2.45, 2.75) is 64.1 Å². The molecule has 0 bridgehead atoms. The highest BCUT2D eigenvalue weighted by atomic mass is 16.3.